The predicted octanol–water partition coefficient (Wildman–Crippen LogP) is -0.845. The summed E-state index contributed by atoms with van der Waals surface area (Å²) in [5, 5.41) is 7.12. The fourth-order valence-corrected chi connectivity index (χ4v) is 1.86. The molecule has 1 heterocycles. The lowest BCUT2D eigenvalue weighted by molar-refractivity contribution is -0.192. The van der Waals surface area contributed by atoms with Gasteiger partial charge in [-0.3, -0.25) is 4.18 Å². The van der Waals surface area contributed by atoms with Crippen molar-refractivity contribution in [1.29, 1.82) is 0 Å². The van der Waals surface area contributed by atoms with E-state index in [0.29, 0.717) is 19.6 Å². The molecule has 1 aliphatic heterocycles. The van der Waals surface area contributed by atoms with Gasteiger partial charge in [-0.25, -0.2) is 4.79 Å². The van der Waals surface area contributed by atoms with Crippen LogP contribution in [0.25, 0.3) is 0 Å². The average molecular weight is 280 g/mol. The van der Waals surface area contributed by atoms with Gasteiger partial charge in [0.05, 0.1) is 6.61 Å². The molecule has 3 N–H and O–H groups in total. The van der Waals surface area contributed by atoms with E-state index >= 15 is 0 Å². The molecular formula is C6H11F3N2O5S. The summed E-state index contributed by atoms with van der Waals surface area (Å²) in [7, 11) is -3.40. The number of nitrogens with two attached hydrogens (primary N) is 1. The van der Waals surface area contributed by atoms with E-state index in [1.165, 1.54) is 4.31 Å². The van der Waals surface area contributed by atoms with Gasteiger partial charge in [0.15, 0.2) is 0 Å². The molecule has 0 aromatic heterocycles. The van der Waals surface area contributed by atoms with E-state index in [2.05, 4.69) is 4.18 Å². The molecule has 17 heavy (non-hydrogen) atoms. The first kappa shape index (κ1) is 16.1. The number of aliphatic carboxylic acids is 1. The Morgan fingerprint density at radius 2 is 1.94 bits per heavy atom. The second-order valence-corrected chi connectivity index (χ2v) is 4.38. The van der Waals surface area contributed by atoms with Gasteiger partial charge in [0, 0.05) is 19.6 Å². The van der Waals surface area contributed by atoms with E-state index in [4.69, 9.17) is 15.6 Å². The number of carboxylic acid groups (broad SMARTS) is 1. The van der Waals surface area contributed by atoms with E-state index in [1.54, 1.807) is 0 Å². The molecule has 0 aliphatic carbocycles. The van der Waals surface area contributed by atoms with Crippen LogP contribution in [0.2, 0.25) is 0 Å². The predicted molar refractivity (Wildman–Crippen MR) is 49.2 cm³/mol. The molecule has 0 bridgehead atoms. The molecule has 0 aromatic rings. The van der Waals surface area contributed by atoms with Crippen molar-refractivity contribution in [2.45, 2.75) is 6.18 Å². The highest BCUT2D eigenvalue weighted by Gasteiger charge is 2.38. The summed E-state index contributed by atoms with van der Waals surface area (Å²) >= 11 is 0. The van der Waals surface area contributed by atoms with Crippen LogP contribution < -0.4 is 5.73 Å². The van der Waals surface area contributed by atoms with Crippen molar-refractivity contribution >= 4 is 16.3 Å². The Kier molecular flexibility index (Phi) is 5.81. The third-order valence-corrected chi connectivity index (χ3v) is 2.97. The summed E-state index contributed by atoms with van der Waals surface area (Å²) < 4.78 is 59.0. The Morgan fingerprint density at radius 3 is 2.18 bits per heavy atom. The highest BCUT2D eigenvalue weighted by atomic mass is 32.2. The van der Waals surface area contributed by atoms with Gasteiger partial charge in [-0.05, 0) is 0 Å². The SMILES string of the molecule is NCCN1CCOS1(=O)=O.O=C(O)C(F)(F)F. The van der Waals surface area contributed by atoms with E-state index in [-0.39, 0.29) is 6.61 Å². The quantitative estimate of drug-likeness (QED) is 0.682. The molecule has 0 atom stereocenters. The van der Waals surface area contributed by atoms with Crippen molar-refractivity contribution in [2.24, 2.45) is 5.73 Å². The average Bonchev–Trinajstić information content (AvgIpc) is 2.46. The first-order chi connectivity index (χ1) is 7.61. The van der Waals surface area contributed by atoms with Crippen LogP contribution >= 0.6 is 0 Å². The molecule has 0 radical (unpaired) electrons. The number of carbonyl (C=O) groups is 1. The Labute approximate surface area is 95.2 Å². The highest BCUT2D eigenvalue weighted by molar-refractivity contribution is 7.84. The van der Waals surface area contributed by atoms with E-state index in [9.17, 15) is 21.6 Å². The maximum absolute atomic E-state index is 10.8. The number of hydrogen-bond donors (Lipinski definition) is 2. The fourth-order valence-electron chi connectivity index (χ4n) is 0.798. The lowest BCUT2D eigenvalue weighted by Gasteiger charge is -2.08. The Bertz CT molecular complexity index is 355. The van der Waals surface area contributed by atoms with Crippen LogP contribution in [-0.4, -0.2) is 56.2 Å². The molecule has 1 fully saturated rings. The van der Waals surface area contributed by atoms with E-state index < -0.39 is 22.4 Å². The number of nitrogens with zero attached hydrogens (tertiary/aromatic N) is 1. The molecule has 0 unspecified atom stereocenters. The zero-order valence-corrected chi connectivity index (χ0v) is 9.29. The molecule has 1 saturated heterocycles. The summed E-state index contributed by atoms with van der Waals surface area (Å²) in [5.41, 5.74) is 5.17. The molecule has 0 spiro atoms. The minimum atomic E-state index is -5.08. The van der Waals surface area contributed by atoms with Crippen LogP contribution in [0.15, 0.2) is 0 Å². The Hall–Kier alpha value is -0.910. The monoisotopic (exact) mass is 280 g/mol. The maximum atomic E-state index is 10.8. The van der Waals surface area contributed by atoms with Crippen LogP contribution in [0.5, 0.6) is 0 Å². The number of carboxylic acids is 1. The molecule has 102 valence electrons. The Morgan fingerprint density at radius 1 is 1.47 bits per heavy atom. The smallest absolute Gasteiger partial charge is 0.475 e. The van der Waals surface area contributed by atoms with Gasteiger partial charge < -0.3 is 10.8 Å². The summed E-state index contributed by atoms with van der Waals surface area (Å²) in [6.07, 6.45) is -5.08. The van der Waals surface area contributed by atoms with Gasteiger partial charge in [-0.1, -0.05) is 0 Å². The van der Waals surface area contributed by atoms with Gasteiger partial charge in [0.25, 0.3) is 0 Å². The third kappa shape index (κ3) is 5.81. The minimum Gasteiger partial charge on any atom is -0.475 e. The molecule has 11 heteroatoms. The molecule has 0 aromatic carbocycles. The second kappa shape index (κ2) is 6.14. The van der Waals surface area contributed by atoms with Crippen molar-refractivity contribution in [2.75, 3.05) is 26.2 Å². The number of halogens is 3. The molecule has 0 amide bonds. The van der Waals surface area contributed by atoms with Crippen molar-refractivity contribution < 1.29 is 35.7 Å². The summed E-state index contributed by atoms with van der Waals surface area (Å²) in [4.78, 5) is 8.90. The van der Waals surface area contributed by atoms with Gasteiger partial charge in [-0.2, -0.15) is 25.9 Å². The van der Waals surface area contributed by atoms with E-state index in [0.717, 1.165) is 0 Å². The lowest BCUT2D eigenvalue weighted by Crippen LogP contribution is -2.30. The molecular weight excluding hydrogens is 269 g/mol. The number of alkyl halides is 3. The van der Waals surface area contributed by atoms with Crippen LogP contribution in [0.4, 0.5) is 13.2 Å². The van der Waals surface area contributed by atoms with Crippen LogP contribution in [0.3, 0.4) is 0 Å². The lowest BCUT2D eigenvalue weighted by atomic mass is 10.6. The summed E-state index contributed by atoms with van der Waals surface area (Å²) in [6.45, 7) is 1.37. The summed E-state index contributed by atoms with van der Waals surface area (Å²) in [6, 6.07) is 0. The van der Waals surface area contributed by atoms with Crippen LogP contribution in [0.1, 0.15) is 0 Å². The van der Waals surface area contributed by atoms with Gasteiger partial charge >= 0.3 is 22.4 Å². The highest BCUT2D eigenvalue weighted by Crippen LogP contribution is 2.13. The van der Waals surface area contributed by atoms with Crippen LogP contribution in [-0.2, 0) is 19.3 Å². The number of hydrogen-bond acceptors (Lipinski definition) is 5. The topological polar surface area (TPSA) is 110 Å². The van der Waals surface area contributed by atoms with Crippen molar-refractivity contribution in [3.63, 3.8) is 0 Å². The zero-order valence-electron chi connectivity index (χ0n) is 8.48. The van der Waals surface area contributed by atoms with E-state index in [1.807, 2.05) is 0 Å². The van der Waals surface area contributed by atoms with Crippen molar-refractivity contribution in [1.82, 2.24) is 4.31 Å². The molecule has 0 saturated carbocycles. The third-order valence-electron chi connectivity index (χ3n) is 1.51. The Balaban J connectivity index is 0.000000325. The largest absolute Gasteiger partial charge is 0.490 e. The van der Waals surface area contributed by atoms with Crippen LogP contribution in [0, 0.1) is 0 Å². The standard InChI is InChI=1S/C4H10N2O3S.C2HF3O2/c5-1-2-6-3-4-9-10(6,7)8;3-2(4,5)1(6)7/h1-5H2;(H,6,7). The maximum Gasteiger partial charge on any atom is 0.490 e. The molecule has 7 nitrogen and oxygen atoms in total. The van der Waals surface area contributed by atoms with Gasteiger partial charge in [-0.15, -0.1) is 0 Å². The number of rotatable bonds is 2. The normalized spacial score (nSPS) is 19.5. The second-order valence-electron chi connectivity index (χ2n) is 2.77. The minimum absolute atomic E-state index is 0.252. The first-order valence-corrected chi connectivity index (χ1v) is 5.62. The van der Waals surface area contributed by atoms with Gasteiger partial charge in [0.2, 0.25) is 0 Å². The van der Waals surface area contributed by atoms with Crippen molar-refractivity contribution in [3.8, 4) is 0 Å². The fraction of sp³-hybridized carbons (Fsp3) is 0.833. The molecule has 1 rings (SSSR count). The van der Waals surface area contributed by atoms with Gasteiger partial charge in [0.1, 0.15) is 0 Å². The first-order valence-electron chi connectivity index (χ1n) is 4.26. The molecule has 1 aliphatic rings. The zero-order chi connectivity index (χ0) is 13.7. The summed E-state index contributed by atoms with van der Waals surface area (Å²) in [5.74, 6) is -2.76. The van der Waals surface area contributed by atoms with Crippen molar-refractivity contribution in [3.05, 3.63) is 0 Å².